The van der Waals surface area contributed by atoms with E-state index < -0.39 is 4.92 Å². The van der Waals surface area contributed by atoms with Crippen LogP contribution in [0.5, 0.6) is 5.75 Å². The standard InChI is InChI=1S/C9H11BrN2O3/c1-6(5-11)15-9-3-7(10)2-8(4-9)12(13)14/h2-4,6H,5,11H2,1H3. The zero-order valence-corrected chi connectivity index (χ0v) is 9.73. The van der Waals surface area contributed by atoms with Gasteiger partial charge in [-0.3, -0.25) is 10.1 Å². The quantitative estimate of drug-likeness (QED) is 0.674. The van der Waals surface area contributed by atoms with E-state index in [2.05, 4.69) is 15.9 Å². The number of benzene rings is 1. The topological polar surface area (TPSA) is 78.4 Å². The summed E-state index contributed by atoms with van der Waals surface area (Å²) >= 11 is 3.18. The van der Waals surface area contributed by atoms with Crippen molar-refractivity contribution in [2.45, 2.75) is 13.0 Å². The summed E-state index contributed by atoms with van der Waals surface area (Å²) in [4.78, 5) is 10.1. The zero-order valence-electron chi connectivity index (χ0n) is 8.14. The molecule has 1 unspecified atom stereocenters. The Morgan fingerprint density at radius 3 is 2.80 bits per heavy atom. The fourth-order valence-electron chi connectivity index (χ4n) is 1.00. The van der Waals surface area contributed by atoms with Gasteiger partial charge in [-0.15, -0.1) is 0 Å². The first kappa shape index (κ1) is 11.9. The van der Waals surface area contributed by atoms with Gasteiger partial charge in [-0.05, 0) is 13.0 Å². The molecule has 15 heavy (non-hydrogen) atoms. The molecule has 0 heterocycles. The maximum absolute atomic E-state index is 10.6. The molecule has 5 nitrogen and oxygen atoms in total. The van der Waals surface area contributed by atoms with Crippen LogP contribution in [0.2, 0.25) is 0 Å². The second-order valence-electron chi connectivity index (χ2n) is 3.07. The largest absolute Gasteiger partial charge is 0.489 e. The van der Waals surface area contributed by atoms with Crippen LogP contribution in [0.4, 0.5) is 5.69 Å². The number of hydrogen-bond acceptors (Lipinski definition) is 4. The highest BCUT2D eigenvalue weighted by atomic mass is 79.9. The Bertz CT molecular complexity index is 370. The van der Waals surface area contributed by atoms with Gasteiger partial charge in [0.1, 0.15) is 11.9 Å². The number of nitro benzene ring substituents is 1. The second-order valence-corrected chi connectivity index (χ2v) is 3.98. The van der Waals surface area contributed by atoms with Gasteiger partial charge in [0.15, 0.2) is 0 Å². The number of hydrogen-bond donors (Lipinski definition) is 1. The lowest BCUT2D eigenvalue weighted by atomic mass is 10.3. The highest BCUT2D eigenvalue weighted by Gasteiger charge is 2.10. The molecule has 0 aliphatic carbocycles. The van der Waals surface area contributed by atoms with E-state index in [1.807, 2.05) is 0 Å². The van der Waals surface area contributed by atoms with Gasteiger partial charge < -0.3 is 10.5 Å². The Morgan fingerprint density at radius 2 is 2.27 bits per heavy atom. The van der Waals surface area contributed by atoms with E-state index in [4.69, 9.17) is 10.5 Å². The van der Waals surface area contributed by atoms with Crippen molar-refractivity contribution >= 4 is 21.6 Å². The molecule has 82 valence electrons. The van der Waals surface area contributed by atoms with E-state index in [0.29, 0.717) is 16.8 Å². The second kappa shape index (κ2) is 5.09. The van der Waals surface area contributed by atoms with E-state index in [1.165, 1.54) is 12.1 Å². The molecule has 0 amide bonds. The maximum Gasteiger partial charge on any atom is 0.274 e. The van der Waals surface area contributed by atoms with Crippen molar-refractivity contribution in [2.24, 2.45) is 5.73 Å². The monoisotopic (exact) mass is 274 g/mol. The summed E-state index contributed by atoms with van der Waals surface area (Å²) in [7, 11) is 0. The van der Waals surface area contributed by atoms with Gasteiger partial charge in [0, 0.05) is 17.1 Å². The highest BCUT2D eigenvalue weighted by Crippen LogP contribution is 2.26. The predicted octanol–water partition coefficient (Wildman–Crippen LogP) is 2.08. The molecule has 0 aromatic heterocycles. The maximum atomic E-state index is 10.6. The molecule has 2 N–H and O–H groups in total. The van der Waals surface area contributed by atoms with Crippen LogP contribution in [0, 0.1) is 10.1 Å². The fourth-order valence-corrected chi connectivity index (χ4v) is 1.46. The Kier molecular flexibility index (Phi) is 4.05. The molecule has 0 saturated heterocycles. The van der Waals surface area contributed by atoms with Crippen LogP contribution in [0.3, 0.4) is 0 Å². The molecule has 0 spiro atoms. The SMILES string of the molecule is CC(CN)Oc1cc(Br)cc([N+](=O)[O-])c1. The molecule has 1 aromatic rings. The number of nitrogens with two attached hydrogens (primary N) is 1. The van der Waals surface area contributed by atoms with Gasteiger partial charge in [0.25, 0.3) is 5.69 Å². The minimum absolute atomic E-state index is 0.0106. The minimum atomic E-state index is -0.468. The van der Waals surface area contributed by atoms with E-state index in [1.54, 1.807) is 13.0 Å². The Labute approximate surface area is 95.5 Å². The molecule has 1 atom stereocenters. The molecule has 0 aliphatic heterocycles. The van der Waals surface area contributed by atoms with E-state index in [9.17, 15) is 10.1 Å². The van der Waals surface area contributed by atoms with E-state index >= 15 is 0 Å². The average Bonchev–Trinajstić information content (AvgIpc) is 2.16. The van der Waals surface area contributed by atoms with Crippen LogP contribution in [-0.4, -0.2) is 17.6 Å². The Morgan fingerprint density at radius 1 is 1.60 bits per heavy atom. The number of nitro groups is 1. The van der Waals surface area contributed by atoms with Crippen molar-refractivity contribution in [3.05, 3.63) is 32.8 Å². The van der Waals surface area contributed by atoms with Crippen LogP contribution < -0.4 is 10.5 Å². The Hall–Kier alpha value is -1.14. The molecule has 0 bridgehead atoms. The Balaban J connectivity index is 2.93. The third-order valence-corrected chi connectivity index (χ3v) is 2.19. The van der Waals surface area contributed by atoms with Crippen molar-refractivity contribution in [1.29, 1.82) is 0 Å². The first-order valence-electron chi connectivity index (χ1n) is 4.34. The lowest BCUT2D eigenvalue weighted by molar-refractivity contribution is -0.385. The molecule has 1 aromatic carbocycles. The van der Waals surface area contributed by atoms with Gasteiger partial charge in [-0.2, -0.15) is 0 Å². The van der Waals surface area contributed by atoms with E-state index in [-0.39, 0.29) is 11.8 Å². The normalized spacial score (nSPS) is 12.2. The van der Waals surface area contributed by atoms with Crippen LogP contribution in [0.25, 0.3) is 0 Å². The van der Waals surface area contributed by atoms with Crippen LogP contribution in [0.15, 0.2) is 22.7 Å². The van der Waals surface area contributed by atoms with Crippen LogP contribution >= 0.6 is 15.9 Å². The van der Waals surface area contributed by atoms with Gasteiger partial charge in [-0.25, -0.2) is 0 Å². The summed E-state index contributed by atoms with van der Waals surface area (Å²) in [6.07, 6.45) is -0.168. The zero-order chi connectivity index (χ0) is 11.4. The summed E-state index contributed by atoms with van der Waals surface area (Å²) in [5.74, 6) is 0.439. The highest BCUT2D eigenvalue weighted by molar-refractivity contribution is 9.10. The lowest BCUT2D eigenvalue weighted by Crippen LogP contribution is -2.22. The first-order chi connectivity index (χ1) is 7.02. The summed E-state index contributed by atoms with van der Waals surface area (Å²) < 4.78 is 5.98. The van der Waals surface area contributed by atoms with Gasteiger partial charge in [0.05, 0.1) is 11.0 Å². The summed E-state index contributed by atoms with van der Waals surface area (Å²) in [6, 6.07) is 4.45. The number of rotatable bonds is 4. The third kappa shape index (κ3) is 3.49. The lowest BCUT2D eigenvalue weighted by Gasteiger charge is -2.12. The van der Waals surface area contributed by atoms with Gasteiger partial charge >= 0.3 is 0 Å². The van der Waals surface area contributed by atoms with Crippen molar-refractivity contribution in [3.63, 3.8) is 0 Å². The minimum Gasteiger partial charge on any atom is -0.489 e. The summed E-state index contributed by atoms with van der Waals surface area (Å²) in [5.41, 5.74) is 5.37. The molecule has 0 radical (unpaired) electrons. The molecular formula is C9H11BrN2O3. The smallest absolute Gasteiger partial charge is 0.274 e. The van der Waals surface area contributed by atoms with Crippen molar-refractivity contribution < 1.29 is 9.66 Å². The van der Waals surface area contributed by atoms with Crippen molar-refractivity contribution in [1.82, 2.24) is 0 Å². The first-order valence-corrected chi connectivity index (χ1v) is 5.14. The van der Waals surface area contributed by atoms with Crippen molar-refractivity contribution in [3.8, 4) is 5.75 Å². The molecule has 1 rings (SSSR count). The van der Waals surface area contributed by atoms with Gasteiger partial charge in [-0.1, -0.05) is 15.9 Å². The average molecular weight is 275 g/mol. The number of non-ortho nitro benzene ring substituents is 1. The van der Waals surface area contributed by atoms with Crippen LogP contribution in [0.1, 0.15) is 6.92 Å². The van der Waals surface area contributed by atoms with Crippen LogP contribution in [-0.2, 0) is 0 Å². The number of halogens is 1. The predicted molar refractivity (Wildman–Crippen MR) is 59.9 cm³/mol. The summed E-state index contributed by atoms with van der Waals surface area (Å²) in [5, 5.41) is 10.6. The third-order valence-electron chi connectivity index (χ3n) is 1.74. The molecular weight excluding hydrogens is 264 g/mol. The van der Waals surface area contributed by atoms with Crippen molar-refractivity contribution in [2.75, 3.05) is 6.54 Å². The molecule has 0 fully saturated rings. The van der Waals surface area contributed by atoms with Gasteiger partial charge in [0.2, 0.25) is 0 Å². The summed E-state index contributed by atoms with van der Waals surface area (Å²) in [6.45, 7) is 2.16. The number of ether oxygens (including phenoxy) is 1. The molecule has 6 heteroatoms. The van der Waals surface area contributed by atoms with E-state index in [0.717, 1.165) is 0 Å². The fraction of sp³-hybridized carbons (Fsp3) is 0.333. The molecule has 0 saturated carbocycles. The number of nitrogens with zero attached hydrogens (tertiary/aromatic N) is 1. The molecule has 0 aliphatic rings.